The Balaban J connectivity index is 1.77. The third kappa shape index (κ3) is 4.78. The normalized spacial score (nSPS) is 13.0. The van der Waals surface area contributed by atoms with Gasteiger partial charge in [0.25, 0.3) is 0 Å². The summed E-state index contributed by atoms with van der Waals surface area (Å²) in [6.45, 7) is 0.866. The molecule has 31 heavy (non-hydrogen) atoms. The molecule has 0 amide bonds. The molecule has 2 aromatic heterocycles. The van der Waals surface area contributed by atoms with E-state index in [0.29, 0.717) is 35.0 Å². The van der Waals surface area contributed by atoms with Crippen molar-refractivity contribution in [1.29, 1.82) is 0 Å². The Kier molecular flexibility index (Phi) is 6.06. The van der Waals surface area contributed by atoms with Gasteiger partial charge in [-0.1, -0.05) is 30.3 Å². The number of hydrogen-bond acceptors (Lipinski definition) is 5. The van der Waals surface area contributed by atoms with Gasteiger partial charge in [-0.25, -0.2) is 4.68 Å². The predicted octanol–water partition coefficient (Wildman–Crippen LogP) is 5.41. The molecule has 0 fully saturated rings. The molecule has 0 aliphatic rings. The maximum atomic E-state index is 13.0. The highest BCUT2D eigenvalue weighted by Gasteiger charge is 2.30. The van der Waals surface area contributed by atoms with Crippen molar-refractivity contribution in [1.82, 2.24) is 4.68 Å². The highest BCUT2D eigenvalue weighted by molar-refractivity contribution is 7.07. The monoisotopic (exact) mass is 445 g/mol. The van der Waals surface area contributed by atoms with E-state index in [4.69, 9.17) is 9.15 Å². The van der Waals surface area contributed by atoms with Crippen molar-refractivity contribution in [3.63, 3.8) is 0 Å². The van der Waals surface area contributed by atoms with Crippen LogP contribution >= 0.6 is 11.3 Å². The van der Waals surface area contributed by atoms with Crippen LogP contribution in [0.3, 0.4) is 0 Å². The van der Waals surface area contributed by atoms with Crippen LogP contribution in [0.4, 0.5) is 13.2 Å². The standard InChI is InChI=1S/C22H18F3N3O2S/c1-29-10-9-26-21-28(27-13-15-5-4-7-17(11-15)22(23,24)25)18(14-31-21)20-12-16-6-2-3-8-19(16)30-20/h2-8,11-14H,9-10H2,1H3/b26-21?,27-13-. The molecule has 4 aromatic rings. The molecule has 0 saturated carbocycles. The summed E-state index contributed by atoms with van der Waals surface area (Å²) in [5.41, 5.74) is 0.983. The molecule has 0 saturated heterocycles. The molecule has 9 heteroatoms. The highest BCUT2D eigenvalue weighted by atomic mass is 32.1. The number of aromatic nitrogens is 1. The first kappa shape index (κ1) is 21.1. The van der Waals surface area contributed by atoms with Gasteiger partial charge in [0.15, 0.2) is 5.76 Å². The van der Waals surface area contributed by atoms with E-state index in [2.05, 4.69) is 10.1 Å². The summed E-state index contributed by atoms with van der Waals surface area (Å²) in [5.74, 6) is 0.590. The van der Waals surface area contributed by atoms with Crippen molar-refractivity contribution in [3.05, 3.63) is 75.9 Å². The zero-order valence-electron chi connectivity index (χ0n) is 16.5. The lowest BCUT2D eigenvalue weighted by atomic mass is 10.1. The van der Waals surface area contributed by atoms with Crippen molar-refractivity contribution in [3.8, 4) is 11.5 Å². The number of nitrogens with zero attached hydrogens (tertiary/aromatic N) is 3. The van der Waals surface area contributed by atoms with Crippen molar-refractivity contribution in [2.75, 3.05) is 20.3 Å². The summed E-state index contributed by atoms with van der Waals surface area (Å²) in [7, 11) is 1.59. The van der Waals surface area contributed by atoms with Gasteiger partial charge < -0.3 is 9.15 Å². The summed E-state index contributed by atoms with van der Waals surface area (Å²) < 4.78 is 51.6. The number of furan rings is 1. The molecule has 0 atom stereocenters. The van der Waals surface area contributed by atoms with Crippen LogP contribution in [0, 0.1) is 0 Å². The number of fused-ring (bicyclic) bond motifs is 1. The molecule has 0 bridgehead atoms. The van der Waals surface area contributed by atoms with Gasteiger partial charge in [-0.15, -0.1) is 11.3 Å². The molecule has 4 rings (SSSR count). The van der Waals surface area contributed by atoms with Crippen LogP contribution in [-0.2, 0) is 10.9 Å². The molecule has 0 unspecified atom stereocenters. The van der Waals surface area contributed by atoms with Crippen LogP contribution in [0.1, 0.15) is 11.1 Å². The van der Waals surface area contributed by atoms with Gasteiger partial charge in [-0.3, -0.25) is 4.99 Å². The van der Waals surface area contributed by atoms with Crippen LogP contribution in [0.5, 0.6) is 0 Å². The number of benzene rings is 2. The average molecular weight is 445 g/mol. The number of ether oxygens (including phenoxy) is 1. The van der Waals surface area contributed by atoms with E-state index in [9.17, 15) is 13.2 Å². The molecule has 0 radical (unpaired) electrons. The molecule has 0 spiro atoms. The lowest BCUT2D eigenvalue weighted by molar-refractivity contribution is -0.137. The van der Waals surface area contributed by atoms with Crippen LogP contribution < -0.4 is 4.80 Å². The second-order valence-electron chi connectivity index (χ2n) is 6.61. The van der Waals surface area contributed by atoms with Gasteiger partial charge in [0, 0.05) is 17.9 Å². The van der Waals surface area contributed by atoms with Crippen molar-refractivity contribution >= 4 is 28.5 Å². The van der Waals surface area contributed by atoms with Gasteiger partial charge >= 0.3 is 6.18 Å². The average Bonchev–Trinajstić information content (AvgIpc) is 3.35. The van der Waals surface area contributed by atoms with Gasteiger partial charge in [-0.05, 0) is 29.8 Å². The first-order chi connectivity index (χ1) is 15.0. The first-order valence-corrected chi connectivity index (χ1v) is 10.2. The number of halogens is 3. The molecular formula is C22H18F3N3O2S. The number of para-hydroxylation sites is 1. The minimum absolute atomic E-state index is 0.326. The molecule has 0 aliphatic carbocycles. The number of hydrogen-bond donors (Lipinski definition) is 0. The SMILES string of the molecule is COCCN=c1scc(-c2cc3ccccc3o2)n1/N=C\c1cccc(C(F)(F)F)c1. The molecule has 0 aliphatic heterocycles. The fourth-order valence-corrected chi connectivity index (χ4v) is 3.79. The Morgan fingerprint density at radius 2 is 1.97 bits per heavy atom. The zero-order chi connectivity index (χ0) is 21.8. The van der Waals surface area contributed by atoms with Crippen molar-refractivity contribution < 1.29 is 22.3 Å². The summed E-state index contributed by atoms with van der Waals surface area (Å²) in [6.07, 6.45) is -3.04. The third-order valence-electron chi connectivity index (χ3n) is 4.44. The topological polar surface area (TPSA) is 52.0 Å². The zero-order valence-corrected chi connectivity index (χ0v) is 17.3. The smallest absolute Gasteiger partial charge is 0.416 e. The number of methoxy groups -OCH3 is 1. The second kappa shape index (κ2) is 8.91. The summed E-state index contributed by atoms with van der Waals surface area (Å²) in [4.78, 5) is 5.07. The predicted molar refractivity (Wildman–Crippen MR) is 114 cm³/mol. The van der Waals surface area contributed by atoms with Crippen LogP contribution in [-0.4, -0.2) is 31.2 Å². The Bertz CT molecular complexity index is 1250. The van der Waals surface area contributed by atoms with E-state index in [0.717, 1.165) is 23.1 Å². The van der Waals surface area contributed by atoms with E-state index in [1.165, 1.54) is 23.6 Å². The molecule has 0 N–H and O–H groups in total. The van der Waals surface area contributed by atoms with Crippen molar-refractivity contribution in [2.45, 2.75) is 6.18 Å². The Labute approximate surface area is 179 Å². The first-order valence-electron chi connectivity index (χ1n) is 9.36. The van der Waals surface area contributed by atoms with E-state index in [1.807, 2.05) is 35.7 Å². The quantitative estimate of drug-likeness (QED) is 0.294. The van der Waals surface area contributed by atoms with Crippen LogP contribution in [0.15, 0.2) is 74.5 Å². The molecule has 160 valence electrons. The lowest BCUT2D eigenvalue weighted by Crippen LogP contribution is -2.13. The van der Waals surface area contributed by atoms with E-state index >= 15 is 0 Å². The van der Waals surface area contributed by atoms with Crippen LogP contribution in [0.2, 0.25) is 0 Å². The second-order valence-corrected chi connectivity index (χ2v) is 7.44. The molecular weight excluding hydrogens is 427 g/mol. The maximum absolute atomic E-state index is 13.0. The molecule has 5 nitrogen and oxygen atoms in total. The summed E-state index contributed by atoms with van der Waals surface area (Å²) >= 11 is 1.36. The molecule has 2 aromatic carbocycles. The van der Waals surface area contributed by atoms with Gasteiger partial charge in [0.05, 0.1) is 24.9 Å². The van der Waals surface area contributed by atoms with E-state index in [1.54, 1.807) is 17.9 Å². The van der Waals surface area contributed by atoms with E-state index in [-0.39, 0.29) is 0 Å². The summed E-state index contributed by atoms with van der Waals surface area (Å²) in [5, 5.41) is 7.22. The number of thiazole rings is 1. The number of alkyl halides is 3. The minimum Gasteiger partial charge on any atom is -0.454 e. The van der Waals surface area contributed by atoms with E-state index < -0.39 is 11.7 Å². The largest absolute Gasteiger partial charge is 0.454 e. The Hall–Kier alpha value is -3.17. The lowest BCUT2D eigenvalue weighted by Gasteiger charge is -2.06. The van der Waals surface area contributed by atoms with Crippen molar-refractivity contribution in [2.24, 2.45) is 10.1 Å². The van der Waals surface area contributed by atoms with Crippen LogP contribution in [0.25, 0.3) is 22.4 Å². The Morgan fingerprint density at radius 1 is 1.13 bits per heavy atom. The number of rotatable bonds is 6. The fraction of sp³-hybridized carbons (Fsp3) is 0.182. The molecule has 2 heterocycles. The maximum Gasteiger partial charge on any atom is 0.416 e. The van der Waals surface area contributed by atoms with Gasteiger partial charge in [0.2, 0.25) is 4.80 Å². The Morgan fingerprint density at radius 3 is 2.74 bits per heavy atom. The minimum atomic E-state index is -4.42. The summed E-state index contributed by atoms with van der Waals surface area (Å²) in [6, 6.07) is 14.5. The van der Waals surface area contributed by atoms with Gasteiger partial charge in [-0.2, -0.15) is 18.3 Å². The van der Waals surface area contributed by atoms with Gasteiger partial charge in [0.1, 0.15) is 11.3 Å². The fourth-order valence-electron chi connectivity index (χ4n) is 2.95. The highest BCUT2D eigenvalue weighted by Crippen LogP contribution is 2.30. The third-order valence-corrected chi connectivity index (χ3v) is 5.30.